The molecule has 1 fully saturated rings. The van der Waals surface area contributed by atoms with Crippen molar-refractivity contribution in [3.8, 4) is 0 Å². The van der Waals surface area contributed by atoms with Crippen LogP contribution in [0.25, 0.3) is 0 Å². The van der Waals surface area contributed by atoms with E-state index in [-0.39, 0.29) is 5.56 Å². The molecule has 0 radical (unpaired) electrons. The second-order valence-electron chi connectivity index (χ2n) is 5.14. The first-order chi connectivity index (χ1) is 8.72. The molecule has 2 unspecified atom stereocenters. The molecular weight excluding hydrogens is 226 g/mol. The summed E-state index contributed by atoms with van der Waals surface area (Å²) in [7, 11) is 0. The Bertz CT molecular complexity index is 429. The first-order valence-electron chi connectivity index (χ1n) is 6.83. The highest BCUT2D eigenvalue weighted by Gasteiger charge is 2.26. The molecule has 1 aromatic heterocycles. The van der Waals surface area contributed by atoms with Crippen molar-refractivity contribution in [1.82, 2.24) is 9.47 Å². The highest BCUT2D eigenvalue weighted by atomic mass is 16.1. The molecule has 1 aliphatic rings. The van der Waals surface area contributed by atoms with E-state index in [0.29, 0.717) is 18.6 Å². The third-order valence-corrected chi connectivity index (χ3v) is 3.96. The molecular formula is C14H23N3O. The summed E-state index contributed by atoms with van der Waals surface area (Å²) >= 11 is 0. The highest BCUT2D eigenvalue weighted by molar-refractivity contribution is 4.93. The molecule has 2 rings (SSSR count). The van der Waals surface area contributed by atoms with Crippen LogP contribution in [0.2, 0.25) is 0 Å². The van der Waals surface area contributed by atoms with E-state index in [2.05, 4.69) is 11.8 Å². The van der Waals surface area contributed by atoms with Crippen molar-refractivity contribution < 1.29 is 0 Å². The second kappa shape index (κ2) is 6.16. The van der Waals surface area contributed by atoms with E-state index in [4.69, 9.17) is 5.73 Å². The summed E-state index contributed by atoms with van der Waals surface area (Å²) in [4.78, 5) is 14.1. The Balaban J connectivity index is 1.99. The molecule has 0 bridgehead atoms. The summed E-state index contributed by atoms with van der Waals surface area (Å²) in [5.41, 5.74) is 5.92. The molecule has 1 aliphatic heterocycles. The summed E-state index contributed by atoms with van der Waals surface area (Å²) < 4.78 is 1.77. The summed E-state index contributed by atoms with van der Waals surface area (Å²) in [5, 5.41) is 0. The van der Waals surface area contributed by atoms with Gasteiger partial charge in [-0.2, -0.15) is 0 Å². The molecule has 100 valence electrons. The summed E-state index contributed by atoms with van der Waals surface area (Å²) in [5.74, 6) is 0. The van der Waals surface area contributed by atoms with Crippen LogP contribution < -0.4 is 11.3 Å². The molecule has 0 amide bonds. The Morgan fingerprint density at radius 3 is 2.89 bits per heavy atom. The van der Waals surface area contributed by atoms with Crippen LogP contribution in [0.4, 0.5) is 0 Å². The topological polar surface area (TPSA) is 51.3 Å². The van der Waals surface area contributed by atoms with Gasteiger partial charge in [0.25, 0.3) is 5.56 Å². The summed E-state index contributed by atoms with van der Waals surface area (Å²) in [6.45, 7) is 4.64. The number of pyridine rings is 1. The fourth-order valence-electron chi connectivity index (χ4n) is 2.87. The van der Waals surface area contributed by atoms with Gasteiger partial charge in [0, 0.05) is 44.0 Å². The number of rotatable bonds is 4. The quantitative estimate of drug-likeness (QED) is 0.868. The molecule has 0 spiro atoms. The average molecular weight is 249 g/mol. The SMILES string of the molecule is CC1CCCC(CN)N1CCn1ccccc1=O. The van der Waals surface area contributed by atoms with Gasteiger partial charge in [0.15, 0.2) is 0 Å². The standard InChI is InChI=1S/C14H23N3O/c1-12-5-4-6-13(11-15)17(12)10-9-16-8-3-2-7-14(16)18/h2-3,7-8,12-13H,4-6,9-11,15H2,1H3. The molecule has 4 nitrogen and oxygen atoms in total. The maximum atomic E-state index is 11.6. The number of hydrogen-bond donors (Lipinski definition) is 1. The number of hydrogen-bond acceptors (Lipinski definition) is 3. The Kier molecular flexibility index (Phi) is 4.55. The highest BCUT2D eigenvalue weighted by Crippen LogP contribution is 2.21. The lowest BCUT2D eigenvalue weighted by atomic mass is 9.96. The summed E-state index contributed by atoms with van der Waals surface area (Å²) in [6, 6.07) is 6.35. The first kappa shape index (κ1) is 13.3. The van der Waals surface area contributed by atoms with Crippen LogP contribution in [0.5, 0.6) is 0 Å². The van der Waals surface area contributed by atoms with Crippen molar-refractivity contribution in [2.45, 2.75) is 44.8 Å². The fourth-order valence-corrected chi connectivity index (χ4v) is 2.87. The minimum Gasteiger partial charge on any atom is -0.329 e. The van der Waals surface area contributed by atoms with Gasteiger partial charge in [-0.25, -0.2) is 0 Å². The van der Waals surface area contributed by atoms with E-state index in [1.54, 1.807) is 16.7 Å². The van der Waals surface area contributed by atoms with Crippen LogP contribution >= 0.6 is 0 Å². The van der Waals surface area contributed by atoms with Crippen LogP contribution in [-0.4, -0.2) is 34.6 Å². The van der Waals surface area contributed by atoms with E-state index in [1.165, 1.54) is 19.3 Å². The van der Waals surface area contributed by atoms with Crippen molar-refractivity contribution in [1.29, 1.82) is 0 Å². The van der Waals surface area contributed by atoms with Gasteiger partial charge in [-0.3, -0.25) is 9.69 Å². The lowest BCUT2D eigenvalue weighted by Crippen LogP contribution is -2.50. The zero-order chi connectivity index (χ0) is 13.0. The largest absolute Gasteiger partial charge is 0.329 e. The van der Waals surface area contributed by atoms with Crippen LogP contribution in [0.15, 0.2) is 29.2 Å². The molecule has 2 heterocycles. The smallest absolute Gasteiger partial charge is 0.250 e. The molecule has 0 aromatic carbocycles. The zero-order valence-corrected chi connectivity index (χ0v) is 11.1. The number of piperidine rings is 1. The summed E-state index contributed by atoms with van der Waals surface area (Å²) in [6.07, 6.45) is 5.55. The molecule has 0 saturated carbocycles. The Morgan fingerprint density at radius 2 is 2.17 bits per heavy atom. The average Bonchev–Trinajstić information content (AvgIpc) is 2.39. The van der Waals surface area contributed by atoms with E-state index in [9.17, 15) is 4.79 Å². The lowest BCUT2D eigenvalue weighted by molar-refractivity contribution is 0.0928. The minimum atomic E-state index is 0.0754. The molecule has 0 aliphatic carbocycles. The fraction of sp³-hybridized carbons (Fsp3) is 0.643. The van der Waals surface area contributed by atoms with Gasteiger partial charge < -0.3 is 10.3 Å². The van der Waals surface area contributed by atoms with E-state index < -0.39 is 0 Å². The van der Waals surface area contributed by atoms with Crippen molar-refractivity contribution in [2.24, 2.45) is 5.73 Å². The van der Waals surface area contributed by atoms with Crippen LogP contribution in [0.1, 0.15) is 26.2 Å². The Labute approximate surface area is 108 Å². The van der Waals surface area contributed by atoms with Crippen molar-refractivity contribution in [3.63, 3.8) is 0 Å². The van der Waals surface area contributed by atoms with Gasteiger partial charge in [-0.05, 0) is 25.8 Å². The van der Waals surface area contributed by atoms with E-state index in [1.807, 2.05) is 12.3 Å². The predicted molar refractivity (Wildman–Crippen MR) is 73.6 cm³/mol. The third-order valence-electron chi connectivity index (χ3n) is 3.96. The first-order valence-corrected chi connectivity index (χ1v) is 6.83. The number of likely N-dealkylation sites (tertiary alicyclic amines) is 1. The van der Waals surface area contributed by atoms with Gasteiger partial charge in [-0.15, -0.1) is 0 Å². The van der Waals surface area contributed by atoms with Crippen LogP contribution in [-0.2, 0) is 6.54 Å². The lowest BCUT2D eigenvalue weighted by Gasteiger charge is -2.40. The van der Waals surface area contributed by atoms with Crippen molar-refractivity contribution >= 4 is 0 Å². The Morgan fingerprint density at radius 1 is 1.33 bits per heavy atom. The zero-order valence-electron chi connectivity index (χ0n) is 11.1. The molecule has 18 heavy (non-hydrogen) atoms. The minimum absolute atomic E-state index is 0.0754. The number of nitrogens with zero attached hydrogens (tertiary/aromatic N) is 2. The van der Waals surface area contributed by atoms with Gasteiger partial charge in [-0.1, -0.05) is 12.5 Å². The van der Waals surface area contributed by atoms with Gasteiger partial charge in [0.05, 0.1) is 0 Å². The molecule has 2 atom stereocenters. The van der Waals surface area contributed by atoms with Gasteiger partial charge >= 0.3 is 0 Å². The molecule has 1 saturated heterocycles. The molecule has 1 aromatic rings. The normalized spacial score (nSPS) is 25.2. The van der Waals surface area contributed by atoms with Crippen LogP contribution in [0, 0.1) is 0 Å². The molecule has 2 N–H and O–H groups in total. The predicted octanol–water partition coefficient (Wildman–Crippen LogP) is 1.05. The van der Waals surface area contributed by atoms with Crippen molar-refractivity contribution in [2.75, 3.05) is 13.1 Å². The van der Waals surface area contributed by atoms with E-state index >= 15 is 0 Å². The monoisotopic (exact) mass is 249 g/mol. The maximum absolute atomic E-state index is 11.6. The van der Waals surface area contributed by atoms with Gasteiger partial charge in [0.1, 0.15) is 0 Å². The number of nitrogens with two attached hydrogens (primary N) is 1. The molecule has 4 heteroatoms. The van der Waals surface area contributed by atoms with Crippen molar-refractivity contribution in [3.05, 3.63) is 34.7 Å². The van der Waals surface area contributed by atoms with Gasteiger partial charge in [0.2, 0.25) is 0 Å². The maximum Gasteiger partial charge on any atom is 0.250 e. The second-order valence-corrected chi connectivity index (χ2v) is 5.14. The third kappa shape index (κ3) is 3.00. The van der Waals surface area contributed by atoms with Crippen LogP contribution in [0.3, 0.4) is 0 Å². The Hall–Kier alpha value is -1.13. The van der Waals surface area contributed by atoms with E-state index in [0.717, 1.165) is 13.1 Å². The number of aromatic nitrogens is 1.